The second-order valence-corrected chi connectivity index (χ2v) is 8.54. The Morgan fingerprint density at radius 3 is 2.93 bits per heavy atom. The lowest BCUT2D eigenvalue weighted by molar-refractivity contribution is -0.885. The highest BCUT2D eigenvalue weighted by molar-refractivity contribution is 7.16. The van der Waals surface area contributed by atoms with E-state index in [2.05, 4.69) is 57.6 Å². The van der Waals surface area contributed by atoms with E-state index in [1.165, 1.54) is 5.57 Å². The van der Waals surface area contributed by atoms with Gasteiger partial charge in [-0.25, -0.2) is 15.0 Å². The summed E-state index contributed by atoms with van der Waals surface area (Å²) >= 11 is 1.64. The van der Waals surface area contributed by atoms with Gasteiger partial charge in [0.15, 0.2) is 0 Å². The fourth-order valence-corrected chi connectivity index (χ4v) is 4.22. The largest absolute Gasteiger partial charge is 0.340 e. The molecule has 27 heavy (non-hydrogen) atoms. The van der Waals surface area contributed by atoms with Crippen molar-refractivity contribution in [3.63, 3.8) is 0 Å². The molecule has 1 aliphatic rings. The third-order valence-electron chi connectivity index (χ3n) is 5.18. The average molecular weight is 377 g/mol. The van der Waals surface area contributed by atoms with Gasteiger partial charge in [-0.1, -0.05) is 0 Å². The number of fused-ring (bicyclic) bond motifs is 2. The molecule has 0 saturated carbocycles. The molecule has 6 nitrogen and oxygen atoms in total. The van der Waals surface area contributed by atoms with Crippen LogP contribution in [0.15, 0.2) is 42.2 Å². The molecule has 136 valence electrons. The Morgan fingerprint density at radius 2 is 2.07 bits per heavy atom. The smallest absolute Gasteiger partial charge is 0.143 e. The number of benzene rings is 1. The maximum Gasteiger partial charge on any atom is 0.143 e. The van der Waals surface area contributed by atoms with Gasteiger partial charge in [0.1, 0.15) is 17.8 Å². The molecule has 0 aliphatic carbocycles. The van der Waals surface area contributed by atoms with Crippen molar-refractivity contribution in [3.8, 4) is 0 Å². The number of nitrogens with zero attached hydrogens (tertiary/aromatic N) is 4. The first-order valence-corrected chi connectivity index (χ1v) is 9.91. The first-order valence-electron chi connectivity index (χ1n) is 9.03. The van der Waals surface area contributed by atoms with Crippen molar-refractivity contribution in [3.05, 3.63) is 47.9 Å². The second kappa shape index (κ2) is 6.14. The summed E-state index contributed by atoms with van der Waals surface area (Å²) in [5, 5.41) is 4.45. The van der Waals surface area contributed by atoms with E-state index in [9.17, 15) is 0 Å². The van der Waals surface area contributed by atoms with Crippen LogP contribution in [0.1, 0.15) is 12.1 Å². The topological polar surface area (TPSA) is 66.5 Å². The highest BCUT2D eigenvalue weighted by Crippen LogP contribution is 2.30. The molecular weight excluding hydrogens is 356 g/mol. The molecule has 1 aromatic carbocycles. The lowest BCUT2D eigenvalue weighted by atomic mass is 10.0. The fraction of sp³-hybridized carbons (Fsp3) is 0.250. The summed E-state index contributed by atoms with van der Waals surface area (Å²) in [7, 11) is 4.54. The predicted octanol–water partition coefficient (Wildman–Crippen LogP) is 4.17. The zero-order valence-electron chi connectivity index (χ0n) is 15.4. The summed E-state index contributed by atoms with van der Waals surface area (Å²) in [5.74, 6) is 0.818. The van der Waals surface area contributed by atoms with Crippen LogP contribution >= 0.6 is 11.3 Å². The van der Waals surface area contributed by atoms with Gasteiger partial charge in [-0.15, -0.1) is 11.3 Å². The van der Waals surface area contributed by atoms with Gasteiger partial charge < -0.3 is 14.8 Å². The highest BCUT2D eigenvalue weighted by atomic mass is 32.1. The quantitative estimate of drug-likeness (QED) is 0.526. The summed E-state index contributed by atoms with van der Waals surface area (Å²) in [4.78, 5) is 16.7. The maximum atomic E-state index is 4.47. The molecule has 1 aliphatic heterocycles. The van der Waals surface area contributed by atoms with Crippen molar-refractivity contribution in [2.45, 2.75) is 6.42 Å². The van der Waals surface area contributed by atoms with E-state index in [-0.39, 0.29) is 0 Å². The number of rotatable bonds is 3. The van der Waals surface area contributed by atoms with E-state index in [0.717, 1.165) is 62.4 Å². The minimum atomic E-state index is 0.818. The summed E-state index contributed by atoms with van der Waals surface area (Å²) < 4.78 is 2.20. The number of hydrogen-bond acceptors (Lipinski definition) is 5. The molecule has 4 aromatic rings. The first kappa shape index (κ1) is 16.4. The lowest BCUT2D eigenvalue weighted by Crippen LogP contribution is -2.42. The zero-order chi connectivity index (χ0) is 18.4. The molecule has 0 spiro atoms. The third kappa shape index (κ3) is 3.09. The van der Waals surface area contributed by atoms with Gasteiger partial charge >= 0.3 is 0 Å². The van der Waals surface area contributed by atoms with Crippen LogP contribution in [0.5, 0.6) is 0 Å². The Hall–Kier alpha value is -2.77. The Kier molecular flexibility index (Phi) is 3.73. The monoisotopic (exact) mass is 377 g/mol. The van der Waals surface area contributed by atoms with Crippen LogP contribution in [0.25, 0.3) is 26.8 Å². The second-order valence-electron chi connectivity index (χ2n) is 7.65. The van der Waals surface area contributed by atoms with Gasteiger partial charge in [-0.3, -0.25) is 0 Å². The number of aromatic nitrogens is 4. The number of thiazole rings is 1. The van der Waals surface area contributed by atoms with Gasteiger partial charge in [0.2, 0.25) is 0 Å². The Labute approximate surface area is 161 Å². The van der Waals surface area contributed by atoms with Gasteiger partial charge in [-0.2, -0.15) is 0 Å². The van der Waals surface area contributed by atoms with Crippen molar-refractivity contribution >= 4 is 49.7 Å². The number of hydrogen-bond donors (Lipinski definition) is 2. The van der Waals surface area contributed by atoms with Crippen molar-refractivity contribution in [2.24, 2.45) is 0 Å². The van der Waals surface area contributed by atoms with E-state index in [1.807, 2.05) is 17.6 Å². The van der Waals surface area contributed by atoms with Gasteiger partial charge in [0.05, 0.1) is 48.3 Å². The van der Waals surface area contributed by atoms with Crippen LogP contribution in [0.4, 0.5) is 11.5 Å². The molecule has 2 N–H and O–H groups in total. The summed E-state index contributed by atoms with van der Waals surface area (Å²) in [5.41, 5.74) is 7.27. The standard InChI is InChI=1S/C20H21N6S/c1-26(2)7-5-13(6-8-26)17-10-15-19(21-11-22-20(15)25-17)24-14-3-4-16-18(9-14)27-12-23-16/h3-5,9-12H,6-8H2,1-2H3,(H2,21,22,24,25)/q+1. The Bertz CT molecular complexity index is 1170. The van der Waals surface area contributed by atoms with Crippen LogP contribution in [-0.4, -0.2) is 51.6 Å². The van der Waals surface area contributed by atoms with Crippen molar-refractivity contribution in [1.82, 2.24) is 19.9 Å². The molecule has 7 heteroatoms. The van der Waals surface area contributed by atoms with Gasteiger partial charge in [-0.05, 0) is 35.9 Å². The molecule has 0 amide bonds. The van der Waals surface area contributed by atoms with Crippen molar-refractivity contribution in [2.75, 3.05) is 32.5 Å². The van der Waals surface area contributed by atoms with Crippen LogP contribution in [0, 0.1) is 0 Å². The zero-order valence-corrected chi connectivity index (χ0v) is 16.2. The van der Waals surface area contributed by atoms with E-state index < -0.39 is 0 Å². The fourth-order valence-electron chi connectivity index (χ4n) is 3.50. The maximum absolute atomic E-state index is 4.47. The molecule has 0 atom stereocenters. The van der Waals surface area contributed by atoms with E-state index in [0.29, 0.717) is 0 Å². The predicted molar refractivity (Wildman–Crippen MR) is 111 cm³/mol. The minimum Gasteiger partial charge on any atom is -0.340 e. The van der Waals surface area contributed by atoms with Crippen LogP contribution in [-0.2, 0) is 0 Å². The number of quaternary nitrogens is 1. The van der Waals surface area contributed by atoms with Crippen LogP contribution in [0.2, 0.25) is 0 Å². The molecule has 0 unspecified atom stereocenters. The molecule has 0 fully saturated rings. The summed E-state index contributed by atoms with van der Waals surface area (Å²) in [6.45, 7) is 2.20. The highest BCUT2D eigenvalue weighted by Gasteiger charge is 2.21. The number of nitrogens with one attached hydrogen (secondary N) is 2. The Morgan fingerprint density at radius 1 is 1.15 bits per heavy atom. The Balaban J connectivity index is 1.50. The normalized spacial score (nSPS) is 16.6. The van der Waals surface area contributed by atoms with E-state index in [1.54, 1.807) is 17.7 Å². The van der Waals surface area contributed by atoms with Crippen molar-refractivity contribution in [1.29, 1.82) is 0 Å². The number of anilines is 2. The number of aromatic amines is 1. The van der Waals surface area contributed by atoms with Crippen LogP contribution < -0.4 is 5.32 Å². The number of H-pyrrole nitrogens is 1. The number of likely N-dealkylation sites (N-methyl/N-ethyl adjacent to an activating group) is 1. The molecule has 5 rings (SSSR count). The van der Waals surface area contributed by atoms with Gasteiger partial charge in [0.25, 0.3) is 0 Å². The third-order valence-corrected chi connectivity index (χ3v) is 5.98. The molecule has 4 heterocycles. The summed E-state index contributed by atoms with van der Waals surface area (Å²) in [6.07, 6.45) is 5.01. The van der Waals surface area contributed by atoms with E-state index >= 15 is 0 Å². The molecular formula is C20H21N6S+. The molecule has 3 aromatic heterocycles. The molecule has 0 saturated heterocycles. The SMILES string of the molecule is C[N+]1(C)CC=C(c2cc3c(Nc4ccc5ncsc5c4)ncnc3[nH]2)CC1. The molecule has 0 bridgehead atoms. The van der Waals surface area contributed by atoms with E-state index in [4.69, 9.17) is 0 Å². The van der Waals surface area contributed by atoms with Gasteiger partial charge in [0, 0.05) is 17.8 Å². The van der Waals surface area contributed by atoms with Crippen molar-refractivity contribution < 1.29 is 4.48 Å². The summed E-state index contributed by atoms with van der Waals surface area (Å²) in [6, 6.07) is 8.34. The lowest BCUT2D eigenvalue weighted by Gasteiger charge is -2.32. The molecule has 0 radical (unpaired) electrons. The first-order chi connectivity index (χ1) is 13.1. The van der Waals surface area contributed by atoms with Crippen LogP contribution in [0.3, 0.4) is 0 Å². The average Bonchev–Trinajstić information content (AvgIpc) is 3.28. The minimum absolute atomic E-state index is 0.818.